The summed E-state index contributed by atoms with van der Waals surface area (Å²) >= 11 is 0. The number of nitrogens with zero attached hydrogens (tertiary/aromatic N) is 1. The second-order valence-electron chi connectivity index (χ2n) is 2.35. The fourth-order valence-electron chi connectivity index (χ4n) is 0.650. The minimum atomic E-state index is -0.319. The maximum Gasteiger partial charge on any atom is 0.330 e. The second-order valence-corrected chi connectivity index (χ2v) is 2.35. The van der Waals surface area contributed by atoms with Crippen molar-refractivity contribution >= 4 is 12.2 Å². The van der Waals surface area contributed by atoms with Crippen LogP contribution < -0.4 is 5.43 Å². The molecular weight excluding hydrogens is 180 g/mol. The summed E-state index contributed by atoms with van der Waals surface area (Å²) in [5.41, 5.74) is 2.75. The Bertz CT molecular complexity index is 222. The first-order chi connectivity index (χ1) is 6.81. The first-order valence-corrected chi connectivity index (χ1v) is 4.49. The molecule has 0 unspecified atom stereocenters. The highest BCUT2D eigenvalue weighted by molar-refractivity contribution is 5.82. The van der Waals surface area contributed by atoms with Gasteiger partial charge in [0.25, 0.3) is 0 Å². The maximum absolute atomic E-state index is 10.8. The molecule has 0 spiro atoms. The van der Waals surface area contributed by atoms with Crippen LogP contribution in [0.15, 0.2) is 29.9 Å². The van der Waals surface area contributed by atoms with Gasteiger partial charge in [-0.2, -0.15) is 5.10 Å². The number of carbonyl (C=O) groups excluding carboxylic acids is 1. The molecule has 0 aliphatic heterocycles. The van der Waals surface area contributed by atoms with E-state index in [1.54, 1.807) is 25.3 Å². The van der Waals surface area contributed by atoms with Gasteiger partial charge in [0, 0.05) is 18.7 Å². The lowest BCUT2D eigenvalue weighted by Gasteiger charge is -1.93. The van der Waals surface area contributed by atoms with Crippen molar-refractivity contribution in [3.05, 3.63) is 24.8 Å². The first kappa shape index (κ1) is 12.4. The summed E-state index contributed by atoms with van der Waals surface area (Å²) < 4.78 is 4.69. The minimum Gasteiger partial charge on any atom is -0.463 e. The van der Waals surface area contributed by atoms with E-state index in [-0.39, 0.29) is 5.97 Å². The van der Waals surface area contributed by atoms with Gasteiger partial charge in [0.2, 0.25) is 0 Å². The van der Waals surface area contributed by atoms with E-state index in [0.717, 1.165) is 0 Å². The van der Waals surface area contributed by atoms with E-state index in [9.17, 15) is 4.79 Å². The molecule has 1 N–H and O–H groups in total. The summed E-state index contributed by atoms with van der Waals surface area (Å²) in [5.74, 6) is -0.319. The average molecular weight is 196 g/mol. The molecule has 0 amide bonds. The Labute approximate surface area is 84.3 Å². The molecule has 4 heteroatoms. The van der Waals surface area contributed by atoms with Crippen molar-refractivity contribution in [3.63, 3.8) is 0 Å². The van der Waals surface area contributed by atoms with Gasteiger partial charge in [-0.1, -0.05) is 12.2 Å². The predicted octanol–water partition coefficient (Wildman–Crippen LogP) is 1.26. The highest BCUT2D eigenvalue weighted by Gasteiger charge is 1.90. The number of hydrogen-bond donors (Lipinski definition) is 1. The standard InChI is InChI=1S/C10H16N2O2/c1-3-8-11-12-9-6-5-7-10(13)14-4-2/h3,5,7,9,11H,1,4,6,8H2,2H3/b7-5+,12-9-. The molecule has 0 aliphatic carbocycles. The Hall–Kier alpha value is -1.58. The smallest absolute Gasteiger partial charge is 0.330 e. The van der Waals surface area contributed by atoms with Crippen molar-refractivity contribution in [2.75, 3.05) is 13.2 Å². The second kappa shape index (κ2) is 9.51. The fraction of sp³-hybridized carbons (Fsp3) is 0.400. The Morgan fingerprint density at radius 3 is 3.07 bits per heavy atom. The van der Waals surface area contributed by atoms with Crippen LogP contribution in [0.25, 0.3) is 0 Å². The van der Waals surface area contributed by atoms with Crippen LogP contribution in [-0.4, -0.2) is 25.3 Å². The molecular formula is C10H16N2O2. The molecule has 0 bridgehead atoms. The zero-order valence-electron chi connectivity index (χ0n) is 8.40. The van der Waals surface area contributed by atoms with E-state index in [2.05, 4.69) is 21.8 Å². The van der Waals surface area contributed by atoms with Crippen LogP contribution in [0.2, 0.25) is 0 Å². The van der Waals surface area contributed by atoms with Crippen LogP contribution >= 0.6 is 0 Å². The zero-order chi connectivity index (χ0) is 10.6. The lowest BCUT2D eigenvalue weighted by molar-refractivity contribution is -0.137. The van der Waals surface area contributed by atoms with Crippen molar-refractivity contribution < 1.29 is 9.53 Å². The van der Waals surface area contributed by atoms with E-state index in [0.29, 0.717) is 19.6 Å². The van der Waals surface area contributed by atoms with Gasteiger partial charge in [-0.3, -0.25) is 0 Å². The lowest BCUT2D eigenvalue weighted by Crippen LogP contribution is -2.03. The third kappa shape index (κ3) is 8.52. The summed E-state index contributed by atoms with van der Waals surface area (Å²) in [5, 5.41) is 3.85. The SMILES string of the molecule is C=CCN/N=C\C/C=C/C(=O)OCC. The van der Waals surface area contributed by atoms with Crippen molar-refractivity contribution in [3.8, 4) is 0 Å². The van der Waals surface area contributed by atoms with Gasteiger partial charge in [0.05, 0.1) is 13.2 Å². The minimum absolute atomic E-state index is 0.319. The van der Waals surface area contributed by atoms with Crippen LogP contribution in [0.3, 0.4) is 0 Å². The third-order valence-electron chi connectivity index (χ3n) is 1.20. The summed E-state index contributed by atoms with van der Waals surface area (Å²) in [6.07, 6.45) is 7.06. The van der Waals surface area contributed by atoms with Gasteiger partial charge in [-0.05, 0) is 6.92 Å². The Balaban J connectivity index is 3.47. The number of nitrogens with one attached hydrogen (secondary N) is 1. The Morgan fingerprint density at radius 2 is 2.43 bits per heavy atom. The molecule has 0 saturated heterocycles. The Kier molecular flexibility index (Phi) is 8.43. The molecule has 0 rings (SSSR count). The van der Waals surface area contributed by atoms with E-state index in [1.807, 2.05) is 0 Å². The first-order valence-electron chi connectivity index (χ1n) is 4.49. The monoisotopic (exact) mass is 196 g/mol. The van der Waals surface area contributed by atoms with Crippen molar-refractivity contribution in [1.29, 1.82) is 0 Å². The number of hydrazone groups is 1. The Morgan fingerprint density at radius 1 is 1.64 bits per heavy atom. The topological polar surface area (TPSA) is 50.7 Å². The summed E-state index contributed by atoms with van der Waals surface area (Å²) in [4.78, 5) is 10.8. The summed E-state index contributed by atoms with van der Waals surface area (Å²) in [6.45, 7) is 6.33. The van der Waals surface area contributed by atoms with Gasteiger partial charge >= 0.3 is 5.97 Å². The molecule has 0 aliphatic rings. The number of esters is 1. The maximum atomic E-state index is 10.8. The van der Waals surface area contributed by atoms with Gasteiger partial charge in [-0.15, -0.1) is 6.58 Å². The molecule has 78 valence electrons. The lowest BCUT2D eigenvalue weighted by atomic mass is 10.4. The quantitative estimate of drug-likeness (QED) is 0.166. The largest absolute Gasteiger partial charge is 0.463 e. The number of rotatable bonds is 7. The fourth-order valence-corrected chi connectivity index (χ4v) is 0.650. The van der Waals surface area contributed by atoms with Crippen LogP contribution in [0, 0.1) is 0 Å². The van der Waals surface area contributed by atoms with E-state index >= 15 is 0 Å². The van der Waals surface area contributed by atoms with E-state index < -0.39 is 0 Å². The average Bonchev–Trinajstić information content (AvgIpc) is 2.17. The molecule has 0 radical (unpaired) electrons. The van der Waals surface area contributed by atoms with Crippen LogP contribution in [-0.2, 0) is 9.53 Å². The molecule has 0 atom stereocenters. The predicted molar refractivity (Wildman–Crippen MR) is 57.1 cm³/mol. The zero-order valence-corrected chi connectivity index (χ0v) is 8.40. The molecule has 0 heterocycles. The van der Waals surface area contributed by atoms with Gasteiger partial charge < -0.3 is 10.2 Å². The van der Waals surface area contributed by atoms with Gasteiger partial charge in [-0.25, -0.2) is 4.79 Å². The molecule has 0 saturated carbocycles. The normalized spacial score (nSPS) is 10.6. The molecule has 4 nitrogen and oxygen atoms in total. The van der Waals surface area contributed by atoms with Crippen molar-refractivity contribution in [2.24, 2.45) is 5.10 Å². The highest BCUT2D eigenvalue weighted by atomic mass is 16.5. The third-order valence-corrected chi connectivity index (χ3v) is 1.20. The van der Waals surface area contributed by atoms with Crippen LogP contribution in [0.4, 0.5) is 0 Å². The van der Waals surface area contributed by atoms with Gasteiger partial charge in [0.1, 0.15) is 0 Å². The number of ether oxygens (including phenoxy) is 1. The van der Waals surface area contributed by atoms with Crippen molar-refractivity contribution in [2.45, 2.75) is 13.3 Å². The molecule has 14 heavy (non-hydrogen) atoms. The molecule has 0 aromatic rings. The highest BCUT2D eigenvalue weighted by Crippen LogP contribution is 1.83. The number of carbonyl (C=O) groups is 1. The number of hydrogen-bond acceptors (Lipinski definition) is 4. The molecule has 0 aromatic carbocycles. The summed E-state index contributed by atoms with van der Waals surface area (Å²) in [7, 11) is 0. The van der Waals surface area contributed by atoms with E-state index in [4.69, 9.17) is 0 Å². The van der Waals surface area contributed by atoms with Crippen LogP contribution in [0.5, 0.6) is 0 Å². The molecule has 0 aromatic heterocycles. The van der Waals surface area contributed by atoms with E-state index in [1.165, 1.54) is 6.08 Å². The molecule has 0 fully saturated rings. The number of allylic oxidation sites excluding steroid dienone is 1. The van der Waals surface area contributed by atoms with Crippen LogP contribution in [0.1, 0.15) is 13.3 Å². The van der Waals surface area contributed by atoms with Gasteiger partial charge in [0.15, 0.2) is 0 Å². The summed E-state index contributed by atoms with van der Waals surface area (Å²) in [6, 6.07) is 0. The van der Waals surface area contributed by atoms with Crippen molar-refractivity contribution in [1.82, 2.24) is 5.43 Å².